The van der Waals surface area contributed by atoms with Crippen molar-refractivity contribution in [2.24, 2.45) is 11.5 Å². The lowest BCUT2D eigenvalue weighted by Crippen LogP contribution is -2.69. The average Bonchev–Trinajstić information content (AvgIpc) is 1.97. The number of nitrogens with zero attached hydrogens (tertiary/aromatic N) is 1. The number of imide groups is 1. The number of hydrogen-bond donors (Lipinski definition) is 3. The van der Waals surface area contributed by atoms with Crippen molar-refractivity contribution in [3.05, 3.63) is 0 Å². The average molecular weight is 200 g/mol. The second-order valence-electron chi connectivity index (χ2n) is 4.09. The summed E-state index contributed by atoms with van der Waals surface area (Å²) < 4.78 is 0. The Morgan fingerprint density at radius 2 is 2.00 bits per heavy atom. The van der Waals surface area contributed by atoms with Gasteiger partial charge in [0.25, 0.3) is 0 Å². The number of amides is 3. The first-order valence-electron chi connectivity index (χ1n) is 4.45. The van der Waals surface area contributed by atoms with Crippen LogP contribution in [0.2, 0.25) is 0 Å². The zero-order valence-corrected chi connectivity index (χ0v) is 8.41. The first-order valence-corrected chi connectivity index (χ1v) is 4.45. The van der Waals surface area contributed by atoms with Crippen LogP contribution in [0.3, 0.4) is 0 Å². The van der Waals surface area contributed by atoms with Crippen LogP contribution in [0.25, 0.3) is 0 Å². The molecule has 1 aliphatic heterocycles. The lowest BCUT2D eigenvalue weighted by molar-refractivity contribution is -0.127. The van der Waals surface area contributed by atoms with Crippen molar-refractivity contribution in [3.8, 4) is 0 Å². The van der Waals surface area contributed by atoms with Crippen LogP contribution < -0.4 is 16.8 Å². The van der Waals surface area contributed by atoms with Gasteiger partial charge in [0.15, 0.2) is 0 Å². The molecule has 1 unspecified atom stereocenters. The zero-order chi connectivity index (χ0) is 10.9. The first kappa shape index (κ1) is 10.9. The van der Waals surface area contributed by atoms with Crippen LogP contribution in [0.1, 0.15) is 13.8 Å². The maximum atomic E-state index is 11.3. The van der Waals surface area contributed by atoms with Crippen LogP contribution in [0, 0.1) is 0 Å². The molecule has 3 amide bonds. The van der Waals surface area contributed by atoms with Gasteiger partial charge in [0.2, 0.25) is 5.91 Å². The Bertz CT molecular complexity index is 256. The Labute approximate surface area is 82.6 Å². The highest BCUT2D eigenvalue weighted by atomic mass is 16.2. The summed E-state index contributed by atoms with van der Waals surface area (Å²) in [6.45, 7) is 4.94. The molecule has 0 aromatic heterocycles. The third-order valence-corrected chi connectivity index (χ3v) is 2.30. The van der Waals surface area contributed by atoms with E-state index in [0.717, 1.165) is 0 Å². The molecule has 1 fully saturated rings. The van der Waals surface area contributed by atoms with Crippen LogP contribution in [-0.2, 0) is 4.79 Å². The number of urea groups is 1. The molecule has 14 heavy (non-hydrogen) atoms. The van der Waals surface area contributed by atoms with E-state index in [9.17, 15) is 9.59 Å². The number of nitrogens with one attached hydrogen (secondary N) is 1. The Morgan fingerprint density at radius 1 is 1.50 bits per heavy atom. The number of nitrogens with two attached hydrogens (primary N) is 2. The van der Waals surface area contributed by atoms with E-state index in [2.05, 4.69) is 0 Å². The molecule has 0 aromatic rings. The third-order valence-electron chi connectivity index (χ3n) is 2.30. The first-order chi connectivity index (χ1) is 6.32. The van der Waals surface area contributed by atoms with Crippen molar-refractivity contribution in [2.45, 2.75) is 25.4 Å². The highest BCUT2D eigenvalue weighted by molar-refractivity contribution is 5.96. The van der Waals surface area contributed by atoms with Gasteiger partial charge in [-0.05, 0) is 13.8 Å². The molecular weight excluding hydrogens is 184 g/mol. The van der Waals surface area contributed by atoms with Crippen LogP contribution in [0.15, 0.2) is 0 Å². The van der Waals surface area contributed by atoms with Gasteiger partial charge in [-0.1, -0.05) is 0 Å². The predicted octanol–water partition coefficient (Wildman–Crippen LogP) is -1.40. The van der Waals surface area contributed by atoms with Crippen molar-refractivity contribution in [3.63, 3.8) is 0 Å². The summed E-state index contributed by atoms with van der Waals surface area (Å²) >= 11 is 0. The molecule has 1 heterocycles. The summed E-state index contributed by atoms with van der Waals surface area (Å²) in [5.41, 5.74) is 10.4. The molecule has 6 heteroatoms. The van der Waals surface area contributed by atoms with Crippen molar-refractivity contribution >= 4 is 11.9 Å². The third kappa shape index (κ3) is 2.43. The molecule has 1 atom stereocenters. The second-order valence-corrected chi connectivity index (χ2v) is 4.09. The fourth-order valence-electron chi connectivity index (χ4n) is 1.55. The van der Waals surface area contributed by atoms with Gasteiger partial charge in [0, 0.05) is 18.6 Å². The van der Waals surface area contributed by atoms with E-state index in [1.54, 1.807) is 6.92 Å². The van der Waals surface area contributed by atoms with Gasteiger partial charge in [-0.25, -0.2) is 4.79 Å². The molecule has 0 bridgehead atoms. The fraction of sp³-hybridized carbons (Fsp3) is 0.750. The zero-order valence-electron chi connectivity index (χ0n) is 8.41. The van der Waals surface area contributed by atoms with Gasteiger partial charge >= 0.3 is 6.03 Å². The molecule has 0 spiro atoms. The monoisotopic (exact) mass is 200 g/mol. The number of carbonyl (C=O) groups is 2. The molecule has 0 radical (unpaired) electrons. The highest BCUT2D eigenvalue weighted by Gasteiger charge is 2.39. The summed E-state index contributed by atoms with van der Waals surface area (Å²) in [4.78, 5) is 23.6. The molecule has 6 nitrogen and oxygen atoms in total. The van der Waals surface area contributed by atoms with Gasteiger partial charge < -0.3 is 11.5 Å². The van der Waals surface area contributed by atoms with Gasteiger partial charge in [-0.3, -0.25) is 15.0 Å². The van der Waals surface area contributed by atoms with Gasteiger partial charge in [-0.15, -0.1) is 0 Å². The maximum absolute atomic E-state index is 11.3. The minimum Gasteiger partial charge on any atom is -0.351 e. The Balaban J connectivity index is 2.40. The van der Waals surface area contributed by atoms with E-state index in [4.69, 9.17) is 11.5 Å². The van der Waals surface area contributed by atoms with E-state index in [0.29, 0.717) is 13.1 Å². The SMILES string of the molecule is CC(C(=O)NC(N)=O)N1CC(C)(N)C1. The molecule has 0 aliphatic carbocycles. The topological polar surface area (TPSA) is 101 Å². The number of rotatable bonds is 2. The van der Waals surface area contributed by atoms with E-state index in [1.165, 1.54) is 0 Å². The van der Waals surface area contributed by atoms with Crippen molar-refractivity contribution in [1.82, 2.24) is 10.2 Å². The molecule has 0 saturated carbocycles. The highest BCUT2D eigenvalue weighted by Crippen LogP contribution is 2.19. The van der Waals surface area contributed by atoms with Crippen LogP contribution in [0.4, 0.5) is 4.79 Å². The maximum Gasteiger partial charge on any atom is 0.318 e. The second kappa shape index (κ2) is 3.55. The smallest absolute Gasteiger partial charge is 0.318 e. The van der Waals surface area contributed by atoms with Gasteiger partial charge in [-0.2, -0.15) is 0 Å². The van der Waals surface area contributed by atoms with Gasteiger partial charge in [0.05, 0.1) is 6.04 Å². The number of likely N-dealkylation sites (tertiary alicyclic amines) is 1. The molecule has 1 aliphatic rings. The molecule has 5 N–H and O–H groups in total. The summed E-state index contributed by atoms with van der Waals surface area (Å²) in [6, 6.07) is -1.18. The minimum atomic E-state index is -0.821. The Hall–Kier alpha value is -1.14. The van der Waals surface area contributed by atoms with E-state index < -0.39 is 6.03 Å². The summed E-state index contributed by atoms with van der Waals surface area (Å²) in [6.07, 6.45) is 0. The van der Waals surface area contributed by atoms with Crippen molar-refractivity contribution in [1.29, 1.82) is 0 Å². The molecule has 0 aromatic carbocycles. The Morgan fingerprint density at radius 3 is 2.36 bits per heavy atom. The summed E-state index contributed by atoms with van der Waals surface area (Å²) in [7, 11) is 0. The van der Waals surface area contributed by atoms with E-state index in [-0.39, 0.29) is 17.5 Å². The summed E-state index contributed by atoms with van der Waals surface area (Å²) in [5, 5.41) is 2.04. The van der Waals surface area contributed by atoms with E-state index in [1.807, 2.05) is 17.1 Å². The van der Waals surface area contributed by atoms with Gasteiger partial charge in [0.1, 0.15) is 0 Å². The van der Waals surface area contributed by atoms with Crippen LogP contribution in [-0.4, -0.2) is 41.5 Å². The lowest BCUT2D eigenvalue weighted by Gasteiger charge is -2.47. The fourth-order valence-corrected chi connectivity index (χ4v) is 1.55. The minimum absolute atomic E-state index is 0.221. The largest absolute Gasteiger partial charge is 0.351 e. The van der Waals surface area contributed by atoms with Crippen LogP contribution in [0.5, 0.6) is 0 Å². The Kier molecular flexibility index (Phi) is 2.77. The van der Waals surface area contributed by atoms with Crippen molar-refractivity contribution < 1.29 is 9.59 Å². The molecular formula is C8H16N4O2. The number of primary amides is 1. The summed E-state index contributed by atoms with van der Waals surface area (Å²) in [5.74, 6) is -0.381. The van der Waals surface area contributed by atoms with Crippen molar-refractivity contribution in [2.75, 3.05) is 13.1 Å². The standard InChI is InChI=1S/C8H16N4O2/c1-5(6(13)11-7(9)14)12-3-8(2,10)4-12/h5H,3-4,10H2,1-2H3,(H3,9,11,13,14). The van der Waals surface area contributed by atoms with E-state index >= 15 is 0 Å². The quantitative estimate of drug-likeness (QED) is 0.510. The predicted molar refractivity (Wildman–Crippen MR) is 51.4 cm³/mol. The number of hydrogen-bond acceptors (Lipinski definition) is 4. The molecule has 1 saturated heterocycles. The number of carbonyl (C=O) groups excluding carboxylic acids is 2. The van der Waals surface area contributed by atoms with Crippen LogP contribution >= 0.6 is 0 Å². The molecule has 1 rings (SSSR count). The normalized spacial score (nSPS) is 22.2. The molecule has 80 valence electrons. The lowest BCUT2D eigenvalue weighted by atomic mass is 9.92.